The van der Waals surface area contributed by atoms with Crippen LogP contribution in [-0.2, 0) is 14.3 Å². The fourth-order valence-corrected chi connectivity index (χ4v) is 2.78. The third kappa shape index (κ3) is 5.21. The van der Waals surface area contributed by atoms with Gasteiger partial charge in [-0.1, -0.05) is 26.7 Å². The minimum Gasteiger partial charge on any atom is -0.463 e. The summed E-state index contributed by atoms with van der Waals surface area (Å²) in [6.45, 7) is 4.32. The minimum absolute atomic E-state index is 0. The molecular weight excluding hydrogens is 334 g/mol. The molecule has 2 N–H and O–H groups in total. The number of hydrogen-bond donors (Lipinski definition) is 1. The second kappa shape index (κ2) is 9.64. The third-order valence-corrected chi connectivity index (χ3v) is 4.19. The third-order valence-electron chi connectivity index (χ3n) is 4.19. The molecule has 0 amide bonds. The lowest BCUT2D eigenvalue weighted by Crippen LogP contribution is -2.28. The number of anilines is 1. The summed E-state index contributed by atoms with van der Waals surface area (Å²) in [5.41, 5.74) is 5.08. The molecule has 2 heterocycles. The molecule has 1 aliphatic heterocycles. The molecule has 8 heteroatoms. The van der Waals surface area contributed by atoms with Crippen LogP contribution in [-0.4, -0.2) is 28.2 Å². The smallest absolute Gasteiger partial charge is 0.351 e. The van der Waals surface area contributed by atoms with Crippen molar-refractivity contribution in [2.45, 2.75) is 58.3 Å². The molecule has 0 saturated carbocycles. The molecule has 3 atom stereocenters. The van der Waals surface area contributed by atoms with E-state index in [9.17, 15) is 9.59 Å². The zero-order valence-corrected chi connectivity index (χ0v) is 15.0. The number of hydrogen-bond acceptors (Lipinski definition) is 6. The molecule has 0 aliphatic carbocycles. The number of esters is 1. The molecule has 0 radical (unpaired) electrons. The molecule has 1 saturated heterocycles. The standard InChI is InChI=1S/C16H25N3O4.ClH/c1-3-5-6-15(20)22-10-12-11(4-2)9-14(23-12)19-8-7-13(17)18-16(19)21;/h7-8,11-12,14H,3-6,9-10H2,1-2H3,(H2,17,18,21);1H. The van der Waals surface area contributed by atoms with Crippen molar-refractivity contribution in [2.75, 3.05) is 12.3 Å². The van der Waals surface area contributed by atoms with Crippen LogP contribution in [0.25, 0.3) is 0 Å². The predicted molar refractivity (Wildman–Crippen MR) is 92.9 cm³/mol. The number of nitrogens with two attached hydrogens (primary N) is 1. The molecule has 0 aromatic carbocycles. The average molecular weight is 360 g/mol. The normalized spacial score (nSPS) is 22.8. The summed E-state index contributed by atoms with van der Waals surface area (Å²) in [5.74, 6) is 0.237. The van der Waals surface area contributed by atoms with Crippen LogP contribution in [0.2, 0.25) is 0 Å². The topological polar surface area (TPSA) is 96.4 Å². The summed E-state index contributed by atoms with van der Waals surface area (Å²) in [6, 6.07) is 1.57. The van der Waals surface area contributed by atoms with Crippen molar-refractivity contribution in [1.82, 2.24) is 9.55 Å². The van der Waals surface area contributed by atoms with Gasteiger partial charge in [0.15, 0.2) is 0 Å². The molecule has 2 rings (SSSR count). The lowest BCUT2D eigenvalue weighted by molar-refractivity contribution is -0.149. The van der Waals surface area contributed by atoms with Crippen molar-refractivity contribution < 1.29 is 14.3 Å². The lowest BCUT2D eigenvalue weighted by Gasteiger charge is -2.17. The number of unbranched alkanes of at least 4 members (excludes halogenated alkanes) is 1. The first-order chi connectivity index (χ1) is 11.0. The monoisotopic (exact) mass is 359 g/mol. The molecule has 136 valence electrons. The predicted octanol–water partition coefficient (Wildman–Crippen LogP) is 2.29. The lowest BCUT2D eigenvalue weighted by atomic mass is 9.98. The van der Waals surface area contributed by atoms with Crippen LogP contribution in [0.3, 0.4) is 0 Å². The van der Waals surface area contributed by atoms with E-state index in [2.05, 4.69) is 11.9 Å². The Morgan fingerprint density at radius 1 is 1.50 bits per heavy atom. The van der Waals surface area contributed by atoms with Crippen LogP contribution >= 0.6 is 12.4 Å². The number of aromatic nitrogens is 2. The summed E-state index contributed by atoms with van der Waals surface area (Å²) in [4.78, 5) is 27.3. The fraction of sp³-hybridized carbons (Fsp3) is 0.688. The van der Waals surface area contributed by atoms with Crippen LogP contribution in [0.1, 0.15) is 52.2 Å². The first-order valence-electron chi connectivity index (χ1n) is 8.20. The van der Waals surface area contributed by atoms with Gasteiger partial charge in [0.1, 0.15) is 18.7 Å². The van der Waals surface area contributed by atoms with E-state index in [0.29, 0.717) is 12.8 Å². The molecule has 24 heavy (non-hydrogen) atoms. The molecule has 0 bridgehead atoms. The van der Waals surface area contributed by atoms with E-state index in [1.54, 1.807) is 12.3 Å². The largest absolute Gasteiger partial charge is 0.463 e. The molecule has 1 fully saturated rings. The van der Waals surface area contributed by atoms with E-state index >= 15 is 0 Å². The number of nitrogens with zero attached hydrogens (tertiary/aromatic N) is 2. The summed E-state index contributed by atoms with van der Waals surface area (Å²) in [6.07, 6.45) is 4.82. The maximum Gasteiger partial charge on any atom is 0.351 e. The number of ether oxygens (including phenoxy) is 2. The van der Waals surface area contributed by atoms with E-state index in [0.717, 1.165) is 19.3 Å². The SMILES string of the molecule is CCCCC(=O)OCC1OC(n2ccc(N)nc2=O)CC1CC.Cl. The van der Waals surface area contributed by atoms with Gasteiger partial charge in [-0.15, -0.1) is 12.4 Å². The molecule has 3 unspecified atom stereocenters. The van der Waals surface area contributed by atoms with Crippen molar-refractivity contribution in [3.63, 3.8) is 0 Å². The van der Waals surface area contributed by atoms with Gasteiger partial charge in [-0.2, -0.15) is 4.98 Å². The zero-order valence-electron chi connectivity index (χ0n) is 14.1. The molecule has 7 nitrogen and oxygen atoms in total. The van der Waals surface area contributed by atoms with Gasteiger partial charge in [0.2, 0.25) is 0 Å². The van der Waals surface area contributed by atoms with Crippen molar-refractivity contribution in [3.8, 4) is 0 Å². The Labute approximate surface area is 147 Å². The molecule has 1 aliphatic rings. The van der Waals surface area contributed by atoms with Crippen molar-refractivity contribution in [1.29, 1.82) is 0 Å². The van der Waals surface area contributed by atoms with Crippen molar-refractivity contribution in [2.24, 2.45) is 5.92 Å². The molecule has 1 aromatic rings. The minimum atomic E-state index is -0.426. The number of rotatable bonds is 7. The first-order valence-corrected chi connectivity index (χ1v) is 8.20. The quantitative estimate of drug-likeness (QED) is 0.750. The van der Waals surface area contributed by atoms with Crippen LogP contribution < -0.4 is 11.4 Å². The van der Waals surface area contributed by atoms with Gasteiger partial charge in [0.05, 0.1) is 6.10 Å². The summed E-state index contributed by atoms with van der Waals surface area (Å²) >= 11 is 0. The maximum absolute atomic E-state index is 11.9. The van der Waals surface area contributed by atoms with E-state index in [4.69, 9.17) is 15.2 Å². The van der Waals surface area contributed by atoms with Crippen LogP contribution in [0.5, 0.6) is 0 Å². The highest BCUT2D eigenvalue weighted by Crippen LogP contribution is 2.34. The number of nitrogen functional groups attached to an aromatic ring is 1. The first kappa shape index (κ1) is 20.4. The van der Waals surface area contributed by atoms with E-state index in [1.807, 2.05) is 6.92 Å². The Balaban J connectivity index is 0.00000288. The molecular formula is C16H26ClN3O4. The van der Waals surface area contributed by atoms with Gasteiger partial charge in [0, 0.05) is 12.6 Å². The molecule has 0 spiro atoms. The Morgan fingerprint density at radius 3 is 2.88 bits per heavy atom. The second-order valence-corrected chi connectivity index (χ2v) is 5.86. The van der Waals surface area contributed by atoms with E-state index in [-0.39, 0.29) is 49.1 Å². The van der Waals surface area contributed by atoms with Gasteiger partial charge in [-0.3, -0.25) is 9.36 Å². The van der Waals surface area contributed by atoms with Crippen molar-refractivity contribution in [3.05, 3.63) is 22.7 Å². The highest BCUT2D eigenvalue weighted by molar-refractivity contribution is 5.85. The zero-order chi connectivity index (χ0) is 16.8. The highest BCUT2D eigenvalue weighted by atomic mass is 35.5. The number of carbonyl (C=O) groups is 1. The van der Waals surface area contributed by atoms with Gasteiger partial charge in [-0.25, -0.2) is 4.79 Å². The fourth-order valence-electron chi connectivity index (χ4n) is 2.78. The summed E-state index contributed by atoms with van der Waals surface area (Å²) in [7, 11) is 0. The Kier molecular flexibility index (Phi) is 8.21. The maximum atomic E-state index is 11.9. The van der Waals surface area contributed by atoms with E-state index < -0.39 is 5.69 Å². The van der Waals surface area contributed by atoms with Crippen LogP contribution in [0.4, 0.5) is 5.82 Å². The Bertz CT molecular complexity index is 593. The van der Waals surface area contributed by atoms with Gasteiger partial charge in [0.25, 0.3) is 0 Å². The summed E-state index contributed by atoms with van der Waals surface area (Å²) in [5, 5.41) is 0. The number of carbonyl (C=O) groups excluding carboxylic acids is 1. The molecule has 1 aromatic heterocycles. The van der Waals surface area contributed by atoms with Gasteiger partial charge >= 0.3 is 11.7 Å². The van der Waals surface area contributed by atoms with E-state index in [1.165, 1.54) is 4.57 Å². The van der Waals surface area contributed by atoms with Crippen LogP contribution in [0.15, 0.2) is 17.1 Å². The summed E-state index contributed by atoms with van der Waals surface area (Å²) < 4.78 is 12.7. The highest BCUT2D eigenvalue weighted by Gasteiger charge is 2.36. The Morgan fingerprint density at radius 2 is 2.25 bits per heavy atom. The van der Waals surface area contributed by atoms with Crippen molar-refractivity contribution >= 4 is 24.2 Å². The number of halogens is 1. The van der Waals surface area contributed by atoms with Crippen LogP contribution in [0, 0.1) is 5.92 Å². The van der Waals surface area contributed by atoms with Gasteiger partial charge in [-0.05, 0) is 24.8 Å². The second-order valence-electron chi connectivity index (χ2n) is 5.86. The Hall–Kier alpha value is -1.60. The average Bonchev–Trinajstić information content (AvgIpc) is 2.93. The van der Waals surface area contributed by atoms with Gasteiger partial charge < -0.3 is 15.2 Å².